The summed E-state index contributed by atoms with van der Waals surface area (Å²) < 4.78 is 12.0. The predicted molar refractivity (Wildman–Crippen MR) is 232 cm³/mol. The van der Waals surface area contributed by atoms with Gasteiger partial charge in [-0.2, -0.15) is 0 Å². The molecule has 0 saturated heterocycles. The molecule has 0 aliphatic rings. The van der Waals surface area contributed by atoms with Gasteiger partial charge in [-0.25, -0.2) is 9.97 Å². The van der Waals surface area contributed by atoms with Crippen molar-refractivity contribution in [3.63, 3.8) is 0 Å². The number of aromatic nitrogens is 2. The number of allylic oxidation sites excluding steroid dienone is 8. The van der Waals surface area contributed by atoms with Crippen LogP contribution in [0.4, 0.5) is 22.7 Å². The molecule has 0 saturated carbocycles. The topological polar surface area (TPSA) is 58.5 Å². The van der Waals surface area contributed by atoms with Gasteiger partial charge in [0.1, 0.15) is 11.0 Å². The number of oxazole rings is 2. The minimum absolute atomic E-state index is 0.533. The molecule has 270 valence electrons. The number of hydrogen-bond donors (Lipinski definition) is 0. The summed E-state index contributed by atoms with van der Waals surface area (Å²) in [4.78, 5) is 13.6. The molecule has 0 aliphatic carbocycles. The molecule has 0 radical (unpaired) electrons. The zero-order valence-corrected chi connectivity index (χ0v) is 30.6. The van der Waals surface area contributed by atoms with E-state index < -0.39 is 0 Å². The van der Waals surface area contributed by atoms with Crippen LogP contribution in [0.1, 0.15) is 5.89 Å². The normalized spacial score (nSPS) is 12.0. The van der Waals surface area contributed by atoms with Crippen molar-refractivity contribution in [1.82, 2.24) is 9.97 Å². The van der Waals surface area contributed by atoms with Crippen molar-refractivity contribution in [3.05, 3.63) is 226 Å². The smallest absolute Gasteiger partial charge is 0.227 e. The summed E-state index contributed by atoms with van der Waals surface area (Å²) in [6.07, 6.45) is 17.4. The van der Waals surface area contributed by atoms with Gasteiger partial charge in [0.15, 0.2) is 11.2 Å². The van der Waals surface area contributed by atoms with E-state index in [1.807, 2.05) is 122 Å². The molecule has 0 bridgehead atoms. The highest BCUT2D eigenvalue weighted by Crippen LogP contribution is 2.33. The van der Waals surface area contributed by atoms with Gasteiger partial charge in [0.05, 0.1) is 0 Å². The molecular weight excluding hydrogens is 689 g/mol. The van der Waals surface area contributed by atoms with Crippen LogP contribution in [0.3, 0.4) is 0 Å². The van der Waals surface area contributed by atoms with Crippen LogP contribution in [-0.2, 0) is 0 Å². The van der Waals surface area contributed by atoms with E-state index in [1.54, 1.807) is 12.2 Å². The molecule has 0 N–H and O–H groups in total. The van der Waals surface area contributed by atoms with Gasteiger partial charge in [-0.1, -0.05) is 104 Å². The lowest BCUT2D eigenvalue weighted by molar-refractivity contribution is 0.586. The second kappa shape index (κ2) is 16.5. The van der Waals surface area contributed by atoms with Gasteiger partial charge < -0.3 is 18.6 Å². The van der Waals surface area contributed by atoms with Gasteiger partial charge in [0, 0.05) is 46.3 Å². The SMILES string of the molecule is C=C/C=C\C=C\N(c1ccc(-c2ccc(N(/C=C/C=C(\C=C)c3nc4ccccc4o3)c3ccccc3)cc2)cc1)c1ccc(-c2nc3ccccc3o2)cc1. The molecule has 8 rings (SSSR count). The molecule has 0 aliphatic heterocycles. The third-order valence-corrected chi connectivity index (χ3v) is 9.21. The summed E-state index contributed by atoms with van der Waals surface area (Å²) in [5, 5.41) is 0. The molecule has 2 heterocycles. The Hall–Kier alpha value is -7.70. The summed E-state index contributed by atoms with van der Waals surface area (Å²) in [5.41, 5.74) is 11.2. The molecule has 8 aromatic rings. The monoisotopic (exact) mass is 726 g/mol. The number of para-hydroxylation sites is 5. The van der Waals surface area contributed by atoms with Crippen LogP contribution in [0, 0.1) is 0 Å². The average Bonchev–Trinajstić information content (AvgIpc) is 3.90. The van der Waals surface area contributed by atoms with Crippen molar-refractivity contribution in [2.45, 2.75) is 0 Å². The predicted octanol–water partition coefficient (Wildman–Crippen LogP) is 13.6. The molecule has 0 spiro atoms. The summed E-state index contributed by atoms with van der Waals surface area (Å²) in [6.45, 7) is 7.79. The van der Waals surface area contributed by atoms with Gasteiger partial charge in [-0.15, -0.1) is 0 Å². The van der Waals surface area contributed by atoms with Crippen LogP contribution in [0.2, 0.25) is 0 Å². The summed E-state index contributed by atoms with van der Waals surface area (Å²) in [7, 11) is 0. The van der Waals surface area contributed by atoms with Gasteiger partial charge >= 0.3 is 0 Å². The Kier molecular flexibility index (Phi) is 10.4. The van der Waals surface area contributed by atoms with E-state index in [4.69, 9.17) is 8.83 Å². The summed E-state index contributed by atoms with van der Waals surface area (Å²) in [6, 6.07) is 51.2. The molecule has 0 fully saturated rings. The van der Waals surface area contributed by atoms with E-state index in [0.29, 0.717) is 11.8 Å². The Morgan fingerprint density at radius 2 is 0.964 bits per heavy atom. The molecule has 6 aromatic carbocycles. The minimum atomic E-state index is 0.533. The zero-order valence-electron chi connectivity index (χ0n) is 30.6. The first-order valence-electron chi connectivity index (χ1n) is 18.3. The second-order valence-corrected chi connectivity index (χ2v) is 12.8. The lowest BCUT2D eigenvalue weighted by Gasteiger charge is -2.22. The van der Waals surface area contributed by atoms with Crippen LogP contribution in [-0.4, -0.2) is 9.97 Å². The number of benzene rings is 6. The minimum Gasteiger partial charge on any atom is -0.436 e. The van der Waals surface area contributed by atoms with Gasteiger partial charge in [0.2, 0.25) is 11.8 Å². The highest BCUT2D eigenvalue weighted by Gasteiger charge is 2.13. The van der Waals surface area contributed by atoms with Crippen LogP contribution >= 0.6 is 0 Å². The molecule has 0 atom stereocenters. The van der Waals surface area contributed by atoms with Crippen molar-refractivity contribution in [2.24, 2.45) is 0 Å². The molecule has 56 heavy (non-hydrogen) atoms. The van der Waals surface area contributed by atoms with Crippen molar-refractivity contribution >= 4 is 50.5 Å². The van der Waals surface area contributed by atoms with Crippen LogP contribution < -0.4 is 9.80 Å². The summed E-state index contributed by atoms with van der Waals surface area (Å²) in [5.74, 6) is 1.13. The fourth-order valence-electron chi connectivity index (χ4n) is 6.35. The quantitative estimate of drug-likeness (QED) is 0.110. The lowest BCUT2D eigenvalue weighted by atomic mass is 10.0. The Morgan fingerprint density at radius 1 is 0.464 bits per heavy atom. The molecule has 6 heteroatoms. The maximum absolute atomic E-state index is 6.01. The van der Waals surface area contributed by atoms with Crippen LogP contribution in [0.5, 0.6) is 0 Å². The average molecular weight is 727 g/mol. The Balaban J connectivity index is 1.03. The standard InChI is InChI=1S/C50H38N4O2/c1-3-5-6-14-35-53(44-33-27-40(28-34-44)50-52-46-20-11-13-22-48(46)56-50)42-29-23-38(24-30-42)39-25-31-43(32-26-39)54(41-17-8-7-9-18-41)36-15-16-37(4-2)49-51-45-19-10-12-21-47(45)55-49/h3-36H,1-2H2/b6-5-,35-14+,36-15+,37-16+. The number of nitrogens with zero attached hydrogens (tertiary/aromatic N) is 4. The Labute approximate surface area is 326 Å². The maximum Gasteiger partial charge on any atom is 0.227 e. The number of anilines is 4. The number of hydrogen-bond acceptors (Lipinski definition) is 6. The summed E-state index contributed by atoms with van der Waals surface area (Å²) >= 11 is 0. The zero-order chi connectivity index (χ0) is 38.1. The molecule has 0 amide bonds. The molecule has 6 nitrogen and oxygen atoms in total. The first kappa shape index (κ1) is 35.3. The van der Waals surface area contributed by atoms with Crippen molar-refractivity contribution in [3.8, 4) is 22.6 Å². The van der Waals surface area contributed by atoms with Gasteiger partial charge in [-0.05, 0) is 114 Å². The van der Waals surface area contributed by atoms with E-state index in [-0.39, 0.29) is 0 Å². The van der Waals surface area contributed by atoms with Gasteiger partial charge in [-0.3, -0.25) is 0 Å². The first-order chi connectivity index (χ1) is 27.7. The fourth-order valence-corrected chi connectivity index (χ4v) is 6.35. The van der Waals surface area contributed by atoms with Crippen molar-refractivity contribution in [2.75, 3.05) is 9.80 Å². The van der Waals surface area contributed by atoms with Crippen molar-refractivity contribution in [1.29, 1.82) is 0 Å². The highest BCUT2D eigenvalue weighted by molar-refractivity contribution is 5.80. The van der Waals surface area contributed by atoms with Crippen LogP contribution in [0.15, 0.2) is 229 Å². The Bertz CT molecular complexity index is 2610. The molecular formula is C50H38N4O2. The first-order valence-corrected chi connectivity index (χ1v) is 18.3. The van der Waals surface area contributed by atoms with E-state index in [2.05, 4.69) is 106 Å². The molecule has 0 unspecified atom stereocenters. The number of fused-ring (bicyclic) bond motifs is 2. The highest BCUT2D eigenvalue weighted by atomic mass is 16.4. The second-order valence-electron chi connectivity index (χ2n) is 12.8. The maximum atomic E-state index is 6.01. The molecule has 2 aromatic heterocycles. The van der Waals surface area contributed by atoms with Crippen molar-refractivity contribution < 1.29 is 8.83 Å². The third kappa shape index (κ3) is 7.81. The van der Waals surface area contributed by atoms with E-state index >= 15 is 0 Å². The van der Waals surface area contributed by atoms with E-state index in [9.17, 15) is 0 Å². The Morgan fingerprint density at radius 3 is 1.52 bits per heavy atom. The lowest BCUT2D eigenvalue weighted by Crippen LogP contribution is -2.08. The van der Waals surface area contributed by atoms with E-state index in [1.165, 1.54) is 0 Å². The van der Waals surface area contributed by atoms with Crippen LogP contribution in [0.25, 0.3) is 50.4 Å². The third-order valence-electron chi connectivity index (χ3n) is 9.21. The number of rotatable bonds is 13. The largest absolute Gasteiger partial charge is 0.436 e. The fraction of sp³-hybridized carbons (Fsp3) is 0. The van der Waals surface area contributed by atoms with Gasteiger partial charge in [0.25, 0.3) is 0 Å². The van der Waals surface area contributed by atoms with E-state index in [0.717, 1.165) is 67.2 Å².